The van der Waals surface area contributed by atoms with E-state index in [1.165, 1.54) is 0 Å². The predicted octanol–water partition coefficient (Wildman–Crippen LogP) is 7.37. The molecule has 1 heterocycles. The number of rotatable bonds is 3. The van der Waals surface area contributed by atoms with Gasteiger partial charge in [-0.2, -0.15) is 5.10 Å². The van der Waals surface area contributed by atoms with Crippen LogP contribution < -0.4 is 5.73 Å². The molecule has 154 valence electrons. The Labute approximate surface area is 192 Å². The number of carbonyl (C=O) groups is 1. The molecule has 2 aromatic carbocycles. The summed E-state index contributed by atoms with van der Waals surface area (Å²) in [6.45, 7) is 3.83. The molecule has 3 rings (SSSR count). The Hall–Kier alpha value is -1.20. The van der Waals surface area contributed by atoms with Crippen molar-refractivity contribution in [3.8, 4) is 16.9 Å². The van der Waals surface area contributed by atoms with E-state index < -0.39 is 11.1 Å². The zero-order valence-electron chi connectivity index (χ0n) is 15.2. The van der Waals surface area contributed by atoms with Crippen LogP contribution in [0, 0.1) is 13.8 Å². The predicted molar refractivity (Wildman–Crippen MR) is 122 cm³/mol. The number of halogens is 5. The maximum atomic E-state index is 11.7. The van der Waals surface area contributed by atoms with Crippen LogP contribution in [-0.4, -0.2) is 15.7 Å². The molecule has 2 N–H and O–H groups in total. The highest BCUT2D eigenvalue weighted by Gasteiger charge is 2.21. The topological polar surface area (TPSA) is 78.0 Å². The average molecular weight is 514 g/mol. The highest BCUT2D eigenvalue weighted by Crippen LogP contribution is 2.61. The van der Waals surface area contributed by atoms with Crippen LogP contribution in [0.2, 0.25) is 10.0 Å². The van der Waals surface area contributed by atoms with E-state index in [0.29, 0.717) is 21.3 Å². The van der Waals surface area contributed by atoms with Crippen LogP contribution in [0.25, 0.3) is 16.9 Å². The molecule has 0 saturated carbocycles. The Kier molecular flexibility index (Phi) is 8.08. The van der Waals surface area contributed by atoms with E-state index in [4.69, 9.17) is 28.9 Å². The van der Waals surface area contributed by atoms with Crippen molar-refractivity contribution in [3.05, 3.63) is 69.3 Å². The van der Waals surface area contributed by atoms with E-state index >= 15 is 0 Å². The van der Waals surface area contributed by atoms with Crippen molar-refractivity contribution < 1.29 is 9.36 Å². The highest BCUT2D eigenvalue weighted by molar-refractivity contribution is 8.24. The maximum Gasteiger partial charge on any atom is 0.339 e. The monoisotopic (exact) mass is 511 g/mol. The first-order chi connectivity index (χ1) is 13.4. The lowest BCUT2D eigenvalue weighted by Gasteiger charge is -2.11. The van der Waals surface area contributed by atoms with Gasteiger partial charge in [0.2, 0.25) is 0 Å². The molecule has 29 heavy (non-hydrogen) atoms. The first kappa shape index (κ1) is 24.1. The largest absolute Gasteiger partial charge is 0.364 e. The van der Waals surface area contributed by atoms with Gasteiger partial charge in [0.25, 0.3) is 5.91 Å². The minimum Gasteiger partial charge on any atom is -0.364 e. The molecule has 1 aromatic heterocycles. The minimum absolute atomic E-state index is 0.219. The summed E-state index contributed by atoms with van der Waals surface area (Å²) in [5.41, 5.74) is 9.86. The fourth-order valence-corrected chi connectivity index (χ4v) is 3.10. The van der Waals surface area contributed by atoms with Crippen molar-refractivity contribution in [1.82, 2.24) is 9.78 Å². The lowest BCUT2D eigenvalue weighted by molar-refractivity contribution is 0.0994. The second-order valence-corrected chi connectivity index (χ2v) is 13.4. The van der Waals surface area contributed by atoms with Crippen LogP contribution in [0.4, 0.5) is 0 Å². The summed E-state index contributed by atoms with van der Waals surface area (Å²) in [6.07, 6.45) is 0. The molecule has 5 nitrogen and oxygen atoms in total. The number of primary amides is 1. The Morgan fingerprint density at radius 1 is 1.03 bits per heavy atom. The summed E-state index contributed by atoms with van der Waals surface area (Å²) in [5, 5.41) is 2.13. The van der Waals surface area contributed by atoms with Crippen molar-refractivity contribution in [2.24, 2.45) is 5.73 Å². The summed E-state index contributed by atoms with van der Waals surface area (Å²) in [5.74, 6) is -0.579. The molecular formula is C18H15Cl5N3O2P. The molecule has 0 atom stereocenters. The van der Waals surface area contributed by atoms with Crippen LogP contribution >= 0.6 is 62.1 Å². The number of nitrogens with two attached hydrogens (primary N) is 1. The van der Waals surface area contributed by atoms with Gasteiger partial charge in [-0.1, -0.05) is 53.0 Å². The van der Waals surface area contributed by atoms with Crippen molar-refractivity contribution in [2.45, 2.75) is 13.8 Å². The number of aryl methyl sites for hydroxylation is 1. The highest BCUT2D eigenvalue weighted by atomic mass is 36.0. The molecule has 1 amide bonds. The van der Waals surface area contributed by atoms with Crippen molar-refractivity contribution >= 4 is 68.0 Å². The van der Waals surface area contributed by atoms with E-state index in [1.807, 2.05) is 38.1 Å². The third kappa shape index (κ3) is 6.65. The number of nitrogens with zero attached hydrogens (tertiary/aromatic N) is 2. The first-order valence-corrected chi connectivity index (χ1v) is 13.2. The van der Waals surface area contributed by atoms with Gasteiger partial charge in [-0.3, -0.25) is 9.36 Å². The quantitative estimate of drug-likeness (QED) is 0.371. The van der Waals surface area contributed by atoms with Crippen molar-refractivity contribution in [2.75, 3.05) is 0 Å². The molecule has 0 radical (unpaired) electrons. The molecule has 11 heteroatoms. The third-order valence-electron chi connectivity index (χ3n) is 3.82. The van der Waals surface area contributed by atoms with E-state index in [1.54, 1.807) is 22.9 Å². The standard InChI is InChI=1S/C18H15Cl2N3O.Cl3OP/c1-10-3-5-12(6-4-10)17-11(2)16(18(21)24)22-23(17)15-8-7-13(19)9-14(15)20;1-5(2,3)4/h3-9H,1-2H3,(H2,21,24);. The van der Waals surface area contributed by atoms with Crippen molar-refractivity contribution in [3.63, 3.8) is 0 Å². The van der Waals surface area contributed by atoms with E-state index in [2.05, 4.69) is 38.8 Å². The van der Waals surface area contributed by atoms with E-state index in [9.17, 15) is 9.36 Å². The molecule has 0 unspecified atom stereocenters. The lowest BCUT2D eigenvalue weighted by atomic mass is 10.0. The maximum absolute atomic E-state index is 11.7. The second-order valence-electron chi connectivity index (χ2n) is 5.96. The molecule has 0 aliphatic heterocycles. The molecule has 0 aliphatic rings. The van der Waals surface area contributed by atoms with Crippen molar-refractivity contribution in [1.29, 1.82) is 0 Å². The van der Waals surface area contributed by atoms with Gasteiger partial charge in [0.05, 0.1) is 16.4 Å². The molecule has 0 fully saturated rings. The summed E-state index contributed by atoms with van der Waals surface area (Å²) < 4.78 is 11.1. The normalized spacial score (nSPS) is 11.0. The molecule has 3 aromatic rings. The van der Waals surface area contributed by atoms with Crippen LogP contribution in [0.3, 0.4) is 0 Å². The van der Waals surface area contributed by atoms with Crippen LogP contribution in [0.5, 0.6) is 0 Å². The Morgan fingerprint density at radius 3 is 2.07 bits per heavy atom. The summed E-state index contributed by atoms with van der Waals surface area (Å²) >= 11 is 26.2. The first-order valence-electron chi connectivity index (χ1n) is 7.99. The number of hydrogen-bond donors (Lipinski definition) is 1. The molecule has 0 bridgehead atoms. The molecule has 0 aliphatic carbocycles. The van der Waals surface area contributed by atoms with Gasteiger partial charge in [-0.15, -0.1) is 0 Å². The van der Waals surface area contributed by atoms with Gasteiger partial charge in [0.15, 0.2) is 5.69 Å². The van der Waals surface area contributed by atoms with Gasteiger partial charge in [0, 0.05) is 16.1 Å². The summed E-state index contributed by atoms with van der Waals surface area (Å²) in [6, 6.07) is 13.1. The van der Waals surface area contributed by atoms with Crippen LogP contribution in [-0.2, 0) is 4.57 Å². The number of amides is 1. The second kappa shape index (κ2) is 9.74. The van der Waals surface area contributed by atoms with E-state index in [0.717, 1.165) is 16.8 Å². The Balaban J connectivity index is 0.000000537. The number of benzene rings is 2. The molecule has 0 spiro atoms. The number of aromatic nitrogens is 2. The fraction of sp³-hybridized carbons (Fsp3) is 0.111. The fourth-order valence-electron chi connectivity index (χ4n) is 2.61. The zero-order valence-corrected chi connectivity index (χ0v) is 19.8. The molecule has 0 saturated heterocycles. The third-order valence-corrected chi connectivity index (χ3v) is 4.36. The SMILES string of the molecule is Cc1ccc(-c2c(C)c(C(N)=O)nn2-c2ccc(Cl)cc2Cl)cc1.O=P(Cl)(Cl)Cl. The molecular weight excluding hydrogens is 498 g/mol. The van der Waals surface area contributed by atoms with Crippen LogP contribution in [0.1, 0.15) is 21.6 Å². The average Bonchev–Trinajstić information content (AvgIpc) is 2.91. The van der Waals surface area contributed by atoms with E-state index in [-0.39, 0.29) is 5.69 Å². The van der Waals surface area contributed by atoms with Gasteiger partial charge in [0.1, 0.15) is 0 Å². The van der Waals surface area contributed by atoms with Gasteiger partial charge >= 0.3 is 5.20 Å². The lowest BCUT2D eigenvalue weighted by Crippen LogP contribution is -2.13. The Bertz CT molecular complexity index is 1090. The Morgan fingerprint density at radius 2 is 1.59 bits per heavy atom. The summed E-state index contributed by atoms with van der Waals surface area (Å²) in [4.78, 5) is 11.7. The van der Waals surface area contributed by atoms with Gasteiger partial charge in [-0.05, 0) is 65.8 Å². The van der Waals surface area contributed by atoms with Gasteiger partial charge in [-0.25, -0.2) is 4.68 Å². The summed E-state index contributed by atoms with van der Waals surface area (Å²) in [7, 11) is 0. The zero-order chi connectivity index (χ0) is 21.9. The minimum atomic E-state index is -3.22. The smallest absolute Gasteiger partial charge is 0.339 e. The van der Waals surface area contributed by atoms with Gasteiger partial charge < -0.3 is 5.73 Å². The number of hydrogen-bond acceptors (Lipinski definition) is 3. The van der Waals surface area contributed by atoms with Crippen LogP contribution in [0.15, 0.2) is 42.5 Å². The number of carbonyl (C=O) groups excluding carboxylic acids is 1.